The van der Waals surface area contributed by atoms with E-state index in [1.165, 1.54) is 40.7 Å². The number of rotatable bonds is 2. The highest BCUT2D eigenvalue weighted by Crippen LogP contribution is 2.24. The highest BCUT2D eigenvalue weighted by Gasteiger charge is 2.33. The largest absolute Gasteiger partial charge is 0.456 e. The van der Waals surface area contributed by atoms with Crippen molar-refractivity contribution in [3.63, 3.8) is 0 Å². The van der Waals surface area contributed by atoms with Crippen molar-refractivity contribution in [3.05, 3.63) is 23.9 Å². The maximum absolute atomic E-state index is 13.7. The van der Waals surface area contributed by atoms with E-state index < -0.39 is 91.4 Å². The van der Waals surface area contributed by atoms with Gasteiger partial charge in [0.25, 0.3) is 5.91 Å². The third kappa shape index (κ3) is 8.88. The van der Waals surface area contributed by atoms with Gasteiger partial charge in [0.1, 0.15) is 29.9 Å². The normalized spacial score (nSPS) is 35.9. The summed E-state index contributed by atoms with van der Waals surface area (Å²) in [6, 6.07) is -6.24. The Hall–Kier alpha value is -2.47. The van der Waals surface area contributed by atoms with Crippen molar-refractivity contribution < 1.29 is 39.7 Å². The number of carbonyl (C=O) groups is 5. The predicted molar refractivity (Wildman–Crippen MR) is 141 cm³/mol. The molecule has 0 aromatic rings. The topological polar surface area (TPSA) is 143 Å². The Morgan fingerprint density at radius 1 is 1.14 bits per heavy atom. The molecule has 10 nitrogen and oxygen atoms in total. The number of fused-ring (bicyclic) bond motifs is 7. The Balaban J connectivity index is 2.85. The van der Waals surface area contributed by atoms with Crippen LogP contribution in [0.4, 0.5) is 0 Å². The quantitative estimate of drug-likeness (QED) is 0.176. The number of esters is 1. The second-order valence-electron chi connectivity index (χ2n) is 8.22. The van der Waals surface area contributed by atoms with Gasteiger partial charge in [-0.15, -0.1) is 0 Å². The number of amides is 4. The fourth-order valence-electron chi connectivity index (χ4n) is 3.16. The molecule has 4 amide bonds. The second-order valence-corrected chi connectivity index (χ2v) is 10.8. The molecule has 4 atom stereocenters. The SMILES string of the molecule is [2H]C([2H])([2H])C([2H])(C([2H])([2H])[2H])[C@]1([2H])NC(=O)/C(=C/C)NC(=O)C2CSSCC/C=C/[C@H](CC(=O)N[C@H](C(C)C)C(=O)N2)OC1=O. The Morgan fingerprint density at radius 3 is 2.56 bits per heavy atom. The lowest BCUT2D eigenvalue weighted by Crippen LogP contribution is -2.57. The van der Waals surface area contributed by atoms with Gasteiger partial charge in [0, 0.05) is 21.1 Å². The molecular weight excluding hydrogens is 504 g/mol. The van der Waals surface area contributed by atoms with Crippen LogP contribution < -0.4 is 21.3 Å². The molecule has 36 heavy (non-hydrogen) atoms. The number of hydrogen-bond donors (Lipinski definition) is 4. The van der Waals surface area contributed by atoms with Gasteiger partial charge in [0.05, 0.1) is 7.79 Å². The number of nitrogens with one attached hydrogen (secondary N) is 4. The van der Waals surface area contributed by atoms with Crippen molar-refractivity contribution >= 4 is 51.2 Å². The molecule has 1 saturated heterocycles. The van der Waals surface area contributed by atoms with Gasteiger partial charge in [-0.05, 0) is 31.2 Å². The molecule has 0 saturated carbocycles. The summed E-state index contributed by atoms with van der Waals surface area (Å²) in [4.78, 5) is 66.7. The van der Waals surface area contributed by atoms with Crippen LogP contribution in [0.2, 0.25) is 0 Å². The van der Waals surface area contributed by atoms with Crippen LogP contribution in [-0.4, -0.2) is 65.3 Å². The van der Waals surface area contributed by atoms with Crippen LogP contribution in [-0.2, 0) is 28.7 Å². The van der Waals surface area contributed by atoms with Crippen LogP contribution in [0, 0.1) is 11.8 Å². The zero-order chi connectivity index (χ0) is 33.7. The summed E-state index contributed by atoms with van der Waals surface area (Å²) in [6.07, 6.45) is 2.03. The zero-order valence-electron chi connectivity index (χ0n) is 28.1. The van der Waals surface area contributed by atoms with Crippen molar-refractivity contribution in [2.24, 2.45) is 11.8 Å². The minimum Gasteiger partial charge on any atom is -0.456 e. The van der Waals surface area contributed by atoms with Crippen LogP contribution in [0.1, 0.15) is 58.3 Å². The molecule has 2 aliphatic rings. The summed E-state index contributed by atoms with van der Waals surface area (Å²) in [7, 11) is 2.60. The van der Waals surface area contributed by atoms with Crippen molar-refractivity contribution in [3.8, 4) is 0 Å². The van der Waals surface area contributed by atoms with E-state index in [9.17, 15) is 24.0 Å². The van der Waals surface area contributed by atoms with E-state index in [0.717, 1.165) is 6.08 Å². The predicted octanol–water partition coefficient (Wildman–Crippen LogP) is 1.43. The van der Waals surface area contributed by atoms with Gasteiger partial charge in [-0.2, -0.15) is 0 Å². The van der Waals surface area contributed by atoms with E-state index in [1.807, 2.05) is 0 Å². The molecule has 0 aromatic heterocycles. The Kier molecular flexibility index (Phi) is 7.80. The van der Waals surface area contributed by atoms with Gasteiger partial charge in [0.2, 0.25) is 17.7 Å². The summed E-state index contributed by atoms with van der Waals surface area (Å²) in [5.41, 5.74) is -0.628. The smallest absolute Gasteiger partial charge is 0.329 e. The van der Waals surface area contributed by atoms with Gasteiger partial charge in [-0.3, -0.25) is 19.2 Å². The maximum atomic E-state index is 13.7. The lowest BCUT2D eigenvalue weighted by molar-refractivity contribution is -0.153. The monoisotopic (exact) mass is 548 g/mol. The summed E-state index contributed by atoms with van der Waals surface area (Å²) >= 11 is 0. The number of allylic oxidation sites excluding steroid dienone is 2. The average molecular weight is 549 g/mol. The Bertz CT molecular complexity index is 1180. The minimum atomic E-state index is -4.00. The molecule has 0 spiro atoms. The van der Waals surface area contributed by atoms with Gasteiger partial charge < -0.3 is 26.0 Å². The van der Waals surface area contributed by atoms with E-state index in [-0.39, 0.29) is 5.75 Å². The molecule has 1 unspecified atom stereocenters. The van der Waals surface area contributed by atoms with Crippen LogP contribution >= 0.6 is 21.6 Å². The molecule has 2 rings (SSSR count). The van der Waals surface area contributed by atoms with E-state index in [2.05, 4.69) is 16.0 Å². The van der Waals surface area contributed by atoms with Crippen molar-refractivity contribution in [1.29, 1.82) is 0 Å². The third-order valence-corrected chi connectivity index (χ3v) is 7.51. The van der Waals surface area contributed by atoms with Crippen molar-refractivity contribution in [2.45, 2.75) is 71.5 Å². The van der Waals surface area contributed by atoms with Gasteiger partial charge >= 0.3 is 5.97 Å². The van der Waals surface area contributed by atoms with Gasteiger partial charge in [-0.1, -0.05) is 61.3 Å². The average Bonchev–Trinajstić information content (AvgIpc) is 2.90. The van der Waals surface area contributed by atoms with E-state index in [0.29, 0.717) is 12.2 Å². The lowest BCUT2D eigenvalue weighted by atomic mass is 10.0. The molecule has 200 valence electrons. The summed E-state index contributed by atoms with van der Waals surface area (Å²) < 4.78 is 69.9. The number of ether oxygens (including phenoxy) is 1. The van der Waals surface area contributed by atoms with Crippen LogP contribution in [0.25, 0.3) is 0 Å². The first-order chi connectivity index (χ1) is 20.2. The van der Waals surface area contributed by atoms with Crippen LogP contribution in [0.3, 0.4) is 0 Å². The lowest BCUT2D eigenvalue weighted by Gasteiger charge is -2.27. The molecule has 2 bridgehead atoms. The van der Waals surface area contributed by atoms with Crippen LogP contribution in [0.15, 0.2) is 23.9 Å². The molecular formula is C24H36N4O6S2. The molecule has 2 aliphatic heterocycles. The van der Waals surface area contributed by atoms with Crippen molar-refractivity contribution in [2.75, 3.05) is 11.5 Å². The summed E-state index contributed by atoms with van der Waals surface area (Å²) in [5, 5.41) is 9.08. The number of hydrogen-bond acceptors (Lipinski definition) is 8. The third-order valence-electron chi connectivity index (χ3n) is 5.06. The molecule has 12 heteroatoms. The standard InChI is InChI=1S/C24H36N4O6S2/c1-6-16-21(30)28-20(14(4)5)24(33)34-15-9-7-8-10-35-36-12-17(22(31)25-16)26-23(32)19(13(2)3)27-18(29)11-15/h6-7,9,13-15,17,19-20H,8,10-12H2,1-5H3,(H,25,31)(H,26,32)(H,27,29)(H,28,30)/b9-7+,16-6-/t15-,17?,19-,20+/m1/s1/i4D3,5D3,14D,20D. The van der Waals surface area contributed by atoms with Crippen molar-refractivity contribution in [1.82, 2.24) is 21.3 Å². The first-order valence-corrected chi connectivity index (χ1v) is 13.7. The van der Waals surface area contributed by atoms with Gasteiger partial charge in [0.15, 0.2) is 0 Å². The molecule has 1 fully saturated rings. The fraction of sp³-hybridized carbons (Fsp3) is 0.625. The minimum absolute atomic E-state index is 0.0177. The molecule has 0 radical (unpaired) electrons. The van der Waals surface area contributed by atoms with E-state index in [1.54, 1.807) is 19.2 Å². The highest BCUT2D eigenvalue weighted by molar-refractivity contribution is 8.76. The molecule has 2 heterocycles. The fourth-order valence-corrected chi connectivity index (χ4v) is 5.31. The summed E-state index contributed by atoms with van der Waals surface area (Å²) in [5.74, 6) is -9.84. The molecule has 0 aromatic carbocycles. The van der Waals surface area contributed by atoms with E-state index in [4.69, 9.17) is 15.7 Å². The van der Waals surface area contributed by atoms with Gasteiger partial charge in [-0.25, -0.2) is 4.79 Å². The first-order valence-electron chi connectivity index (χ1n) is 15.2. The highest BCUT2D eigenvalue weighted by atomic mass is 33.1. The zero-order valence-corrected chi connectivity index (χ0v) is 21.8. The number of carbonyl (C=O) groups excluding carboxylic acids is 5. The van der Waals surface area contributed by atoms with E-state index >= 15 is 0 Å². The summed E-state index contributed by atoms with van der Waals surface area (Å²) in [6.45, 7) is -3.18. The Morgan fingerprint density at radius 2 is 1.89 bits per heavy atom. The van der Waals surface area contributed by atoms with Crippen LogP contribution in [0.5, 0.6) is 0 Å². The first kappa shape index (κ1) is 19.6. The molecule has 4 N–H and O–H groups in total. The second kappa shape index (κ2) is 14.3. The molecule has 0 aliphatic carbocycles. The Labute approximate surface area is 231 Å². The maximum Gasteiger partial charge on any atom is 0.329 e.